The van der Waals surface area contributed by atoms with E-state index < -0.39 is 12.0 Å². The second kappa shape index (κ2) is 7.81. The van der Waals surface area contributed by atoms with Crippen molar-refractivity contribution in [3.63, 3.8) is 0 Å². The second-order valence-electron chi connectivity index (χ2n) is 1.07. The predicted octanol–water partition coefficient (Wildman–Crippen LogP) is 1.74. The Bertz CT molecular complexity index is 128. The molecule has 0 aromatic heterocycles. The van der Waals surface area contributed by atoms with Crippen LogP contribution in [-0.4, -0.2) is 13.1 Å². The Labute approximate surface area is 57.8 Å². The van der Waals surface area contributed by atoms with E-state index in [4.69, 9.17) is 0 Å². The van der Waals surface area contributed by atoms with Gasteiger partial charge in [0, 0.05) is 6.08 Å². The van der Waals surface area contributed by atoms with Crippen LogP contribution >= 0.6 is 0 Å². The highest BCUT2D eigenvalue weighted by atomic mass is 19.3. The summed E-state index contributed by atoms with van der Waals surface area (Å²) in [6.45, 7) is 5.38. The molecule has 0 aliphatic heterocycles. The van der Waals surface area contributed by atoms with E-state index in [-0.39, 0.29) is 0 Å². The zero-order chi connectivity index (χ0) is 8.57. The maximum absolute atomic E-state index is 10.1. The average molecular weight is 150 g/mol. The van der Waals surface area contributed by atoms with Gasteiger partial charge in [-0.3, -0.25) is 0 Å². The van der Waals surface area contributed by atoms with Gasteiger partial charge in [0.15, 0.2) is 0 Å². The molecule has 0 fully saturated rings. The number of esters is 1. The summed E-state index contributed by atoms with van der Waals surface area (Å²) in [5, 5.41) is 0. The first-order valence-corrected chi connectivity index (χ1v) is 2.24. The third-order valence-corrected chi connectivity index (χ3v) is 0.368. The van der Waals surface area contributed by atoms with Gasteiger partial charge in [0.1, 0.15) is 0 Å². The summed E-state index contributed by atoms with van der Waals surface area (Å²) >= 11 is 0. The summed E-state index contributed by atoms with van der Waals surface area (Å²) in [6.07, 6.45) is -0.722. The van der Waals surface area contributed by atoms with Crippen molar-refractivity contribution in [2.24, 2.45) is 0 Å². The Hall–Kier alpha value is -1.19. The lowest BCUT2D eigenvalue weighted by atomic mass is 10.7. The molecule has 4 heteroatoms. The topological polar surface area (TPSA) is 26.3 Å². The number of halogens is 2. The monoisotopic (exact) mass is 150 g/mol. The van der Waals surface area contributed by atoms with Crippen LogP contribution in [0.1, 0.15) is 0 Å². The van der Waals surface area contributed by atoms with Gasteiger partial charge < -0.3 is 4.74 Å². The Balaban J connectivity index is 0. The molecule has 0 aromatic carbocycles. The minimum absolute atomic E-state index is 0.394. The van der Waals surface area contributed by atoms with Crippen LogP contribution < -0.4 is 0 Å². The van der Waals surface area contributed by atoms with E-state index >= 15 is 0 Å². The smallest absolute Gasteiger partial charge is 0.329 e. The Morgan fingerprint density at radius 1 is 1.60 bits per heavy atom. The van der Waals surface area contributed by atoms with E-state index in [9.17, 15) is 13.6 Å². The zero-order valence-electron chi connectivity index (χ0n) is 5.56. The van der Waals surface area contributed by atoms with Crippen molar-refractivity contribution in [1.29, 1.82) is 0 Å². The maximum Gasteiger partial charge on any atom is 0.329 e. The predicted molar refractivity (Wildman–Crippen MR) is 33.6 cm³/mol. The highest BCUT2D eigenvalue weighted by molar-refractivity contribution is 5.80. The number of ether oxygens (including phenoxy) is 1. The van der Waals surface area contributed by atoms with E-state index in [1.165, 1.54) is 7.11 Å². The molecule has 0 amide bonds. The summed E-state index contributed by atoms with van der Waals surface area (Å²) in [6, 6.07) is 0. The highest BCUT2D eigenvalue weighted by Crippen LogP contribution is 1.85. The van der Waals surface area contributed by atoms with Crippen molar-refractivity contribution in [3.8, 4) is 0 Å². The SMILES string of the molecule is C=C(F)F.C=CC(=O)OC. The third kappa shape index (κ3) is 29.1. The zero-order valence-corrected chi connectivity index (χ0v) is 5.56. The Morgan fingerprint density at radius 2 is 1.90 bits per heavy atom. The molecule has 0 saturated carbocycles. The summed E-state index contributed by atoms with van der Waals surface area (Å²) in [4.78, 5) is 9.84. The molecule has 0 rings (SSSR count). The van der Waals surface area contributed by atoms with Gasteiger partial charge in [-0.05, 0) is 6.58 Å². The van der Waals surface area contributed by atoms with Crippen molar-refractivity contribution < 1.29 is 18.3 Å². The van der Waals surface area contributed by atoms with Gasteiger partial charge in [0.25, 0.3) is 6.08 Å². The average Bonchev–Trinajstić information content (AvgIpc) is 1.85. The number of rotatable bonds is 1. The van der Waals surface area contributed by atoms with Gasteiger partial charge in [0.05, 0.1) is 7.11 Å². The fourth-order valence-electron chi connectivity index (χ4n) is 0.0833. The van der Waals surface area contributed by atoms with Crippen molar-refractivity contribution in [2.75, 3.05) is 7.11 Å². The second-order valence-corrected chi connectivity index (χ2v) is 1.07. The molecule has 0 bridgehead atoms. The van der Waals surface area contributed by atoms with Crippen LogP contribution in [0.15, 0.2) is 25.3 Å². The van der Waals surface area contributed by atoms with E-state index in [2.05, 4.69) is 17.9 Å². The van der Waals surface area contributed by atoms with Crippen LogP contribution in [0.3, 0.4) is 0 Å². The first-order chi connectivity index (χ1) is 4.54. The van der Waals surface area contributed by atoms with Crippen LogP contribution in [0.5, 0.6) is 0 Å². The lowest BCUT2D eigenvalue weighted by molar-refractivity contribution is -0.134. The standard InChI is InChI=1S/C4H6O2.C2H2F2/c1-3-4(5)6-2;1-2(3)4/h3H,1H2,2H3;1H2. The summed E-state index contributed by atoms with van der Waals surface area (Å²) in [5.74, 6) is -0.394. The van der Waals surface area contributed by atoms with Gasteiger partial charge in [-0.15, -0.1) is 0 Å². The molecule has 0 spiro atoms. The normalized spacial score (nSPS) is 6.70. The van der Waals surface area contributed by atoms with Crippen LogP contribution in [-0.2, 0) is 9.53 Å². The molecule has 2 nitrogen and oxygen atoms in total. The molecule has 0 aliphatic rings. The van der Waals surface area contributed by atoms with Crippen molar-refractivity contribution in [1.82, 2.24) is 0 Å². The first kappa shape index (κ1) is 11.6. The maximum atomic E-state index is 10.1. The lowest BCUT2D eigenvalue weighted by Gasteiger charge is -1.83. The van der Waals surface area contributed by atoms with Crippen molar-refractivity contribution in [3.05, 3.63) is 25.3 Å². The highest BCUT2D eigenvalue weighted by Gasteiger charge is 1.81. The molecule has 0 saturated heterocycles. The molecule has 10 heavy (non-hydrogen) atoms. The van der Waals surface area contributed by atoms with E-state index in [0.717, 1.165) is 6.08 Å². The minimum atomic E-state index is -1.83. The Morgan fingerprint density at radius 3 is 1.90 bits per heavy atom. The third-order valence-electron chi connectivity index (χ3n) is 0.368. The molecular formula is C6H8F2O2. The largest absolute Gasteiger partial charge is 0.466 e. The number of methoxy groups -OCH3 is 1. The number of carbonyl (C=O) groups excluding carboxylic acids is 1. The quantitative estimate of drug-likeness (QED) is 0.420. The molecule has 0 aromatic rings. The van der Waals surface area contributed by atoms with Crippen molar-refractivity contribution in [2.45, 2.75) is 0 Å². The fourth-order valence-corrected chi connectivity index (χ4v) is 0.0833. The molecule has 0 aliphatic carbocycles. The van der Waals surface area contributed by atoms with E-state index in [0.29, 0.717) is 0 Å². The van der Waals surface area contributed by atoms with Crippen LogP contribution in [0.25, 0.3) is 0 Å². The number of hydrogen-bond acceptors (Lipinski definition) is 2. The number of hydrogen-bond donors (Lipinski definition) is 0. The molecule has 0 unspecified atom stereocenters. The van der Waals surface area contributed by atoms with Crippen LogP contribution in [0.4, 0.5) is 8.78 Å². The molecule has 0 atom stereocenters. The van der Waals surface area contributed by atoms with Gasteiger partial charge in [-0.2, -0.15) is 8.78 Å². The van der Waals surface area contributed by atoms with Crippen LogP contribution in [0, 0.1) is 0 Å². The summed E-state index contributed by atoms with van der Waals surface area (Å²) in [5.41, 5.74) is 0. The van der Waals surface area contributed by atoms with Crippen LogP contribution in [0.2, 0.25) is 0 Å². The van der Waals surface area contributed by atoms with Gasteiger partial charge in [-0.25, -0.2) is 4.79 Å². The lowest BCUT2D eigenvalue weighted by Crippen LogP contribution is -1.91. The van der Waals surface area contributed by atoms with Gasteiger partial charge in [0.2, 0.25) is 0 Å². The summed E-state index contributed by atoms with van der Waals surface area (Å²) in [7, 11) is 1.31. The molecular weight excluding hydrogens is 142 g/mol. The Kier molecular flexibility index (Phi) is 9.05. The minimum Gasteiger partial charge on any atom is -0.466 e. The van der Waals surface area contributed by atoms with Gasteiger partial charge >= 0.3 is 5.97 Å². The first-order valence-electron chi connectivity index (χ1n) is 2.24. The fraction of sp³-hybridized carbons (Fsp3) is 0.167. The molecule has 0 N–H and O–H groups in total. The van der Waals surface area contributed by atoms with E-state index in [1.807, 2.05) is 0 Å². The molecule has 0 radical (unpaired) electrons. The van der Waals surface area contributed by atoms with E-state index in [1.54, 1.807) is 0 Å². The molecule has 0 heterocycles. The summed E-state index contributed by atoms with van der Waals surface area (Å²) < 4.78 is 24.4. The van der Waals surface area contributed by atoms with Gasteiger partial charge in [-0.1, -0.05) is 6.58 Å². The molecule has 58 valence electrons. The number of carbonyl (C=O) groups is 1. The van der Waals surface area contributed by atoms with Crippen molar-refractivity contribution >= 4 is 5.97 Å².